The molecular formula is C10H14FNO3S. The van der Waals surface area contributed by atoms with Gasteiger partial charge in [0.2, 0.25) is 10.0 Å². The Morgan fingerprint density at radius 1 is 1.44 bits per heavy atom. The molecule has 6 heteroatoms. The molecule has 1 rings (SSSR count). The number of sulfonamides is 1. The molecule has 0 bridgehead atoms. The second-order valence-electron chi connectivity index (χ2n) is 3.67. The number of aliphatic hydroxyl groups is 1. The minimum atomic E-state index is -3.75. The van der Waals surface area contributed by atoms with Crippen LogP contribution in [0.1, 0.15) is 12.5 Å². The van der Waals surface area contributed by atoms with E-state index in [1.54, 1.807) is 6.92 Å². The number of hydrogen-bond acceptors (Lipinski definition) is 3. The first kappa shape index (κ1) is 13.1. The standard InChI is InChI=1S/C10H14FNO3S/c1-7-3-9(11)5-10(4-7)16(14,15)12-6-8(2)13/h3-5,8,12-13H,6H2,1-2H3. The lowest BCUT2D eigenvalue weighted by molar-refractivity contribution is 0.198. The van der Waals surface area contributed by atoms with Gasteiger partial charge in [-0.3, -0.25) is 0 Å². The van der Waals surface area contributed by atoms with Gasteiger partial charge in [-0.05, 0) is 37.6 Å². The maximum absolute atomic E-state index is 13.0. The maximum atomic E-state index is 13.0. The van der Waals surface area contributed by atoms with E-state index in [1.165, 1.54) is 19.1 Å². The van der Waals surface area contributed by atoms with Crippen LogP contribution in [-0.2, 0) is 10.0 Å². The summed E-state index contributed by atoms with van der Waals surface area (Å²) in [4.78, 5) is -0.134. The third kappa shape index (κ3) is 3.55. The molecule has 0 aliphatic carbocycles. The lowest BCUT2D eigenvalue weighted by Crippen LogP contribution is -2.30. The zero-order valence-corrected chi connectivity index (χ0v) is 9.88. The Hall–Kier alpha value is -0.980. The molecule has 0 radical (unpaired) electrons. The van der Waals surface area contributed by atoms with Crippen LogP contribution in [0.4, 0.5) is 4.39 Å². The summed E-state index contributed by atoms with van der Waals surface area (Å²) < 4.78 is 38.5. The molecule has 1 aromatic rings. The number of rotatable bonds is 4. The summed E-state index contributed by atoms with van der Waals surface area (Å²) in [5.74, 6) is -0.600. The van der Waals surface area contributed by atoms with E-state index in [0.29, 0.717) is 5.56 Å². The van der Waals surface area contributed by atoms with Gasteiger partial charge in [0.1, 0.15) is 5.82 Å². The van der Waals surface area contributed by atoms with E-state index < -0.39 is 21.9 Å². The van der Waals surface area contributed by atoms with Gasteiger partial charge in [-0.15, -0.1) is 0 Å². The van der Waals surface area contributed by atoms with E-state index in [4.69, 9.17) is 5.11 Å². The van der Waals surface area contributed by atoms with Crippen LogP contribution in [0.25, 0.3) is 0 Å². The van der Waals surface area contributed by atoms with Crippen molar-refractivity contribution >= 4 is 10.0 Å². The fraction of sp³-hybridized carbons (Fsp3) is 0.400. The van der Waals surface area contributed by atoms with E-state index in [0.717, 1.165) is 6.07 Å². The molecule has 1 aromatic carbocycles. The van der Waals surface area contributed by atoms with Crippen molar-refractivity contribution in [3.05, 3.63) is 29.6 Å². The minimum absolute atomic E-state index is 0.0993. The van der Waals surface area contributed by atoms with Crippen LogP contribution in [0.3, 0.4) is 0 Å². The molecule has 0 aromatic heterocycles. The van der Waals surface area contributed by atoms with Gasteiger partial charge < -0.3 is 5.11 Å². The van der Waals surface area contributed by atoms with E-state index in [9.17, 15) is 12.8 Å². The lowest BCUT2D eigenvalue weighted by atomic mass is 10.2. The van der Waals surface area contributed by atoms with Gasteiger partial charge in [-0.25, -0.2) is 17.5 Å². The monoisotopic (exact) mass is 247 g/mol. The van der Waals surface area contributed by atoms with Crippen molar-refractivity contribution in [3.63, 3.8) is 0 Å². The molecule has 0 amide bonds. The van der Waals surface area contributed by atoms with Crippen molar-refractivity contribution in [2.75, 3.05) is 6.54 Å². The molecule has 1 atom stereocenters. The number of hydrogen-bond donors (Lipinski definition) is 2. The van der Waals surface area contributed by atoms with E-state index in [2.05, 4.69) is 4.72 Å². The number of halogens is 1. The van der Waals surface area contributed by atoms with Gasteiger partial charge in [-0.2, -0.15) is 0 Å². The summed E-state index contributed by atoms with van der Waals surface area (Å²) in [6, 6.07) is 3.55. The highest BCUT2D eigenvalue weighted by Gasteiger charge is 2.15. The van der Waals surface area contributed by atoms with Crippen LogP contribution < -0.4 is 4.72 Å². The average Bonchev–Trinajstić information content (AvgIpc) is 2.13. The van der Waals surface area contributed by atoms with Crippen molar-refractivity contribution in [1.82, 2.24) is 4.72 Å². The number of aliphatic hydroxyl groups excluding tert-OH is 1. The first-order chi connectivity index (χ1) is 7.31. The van der Waals surface area contributed by atoms with Crippen LogP contribution in [0, 0.1) is 12.7 Å². The average molecular weight is 247 g/mol. The topological polar surface area (TPSA) is 66.4 Å². The molecule has 0 saturated carbocycles. The minimum Gasteiger partial charge on any atom is -0.392 e. The van der Waals surface area contributed by atoms with Gasteiger partial charge in [-0.1, -0.05) is 0 Å². The van der Waals surface area contributed by atoms with Crippen molar-refractivity contribution in [2.24, 2.45) is 0 Å². The number of benzene rings is 1. The predicted octanol–water partition coefficient (Wildman–Crippen LogP) is 0.793. The van der Waals surface area contributed by atoms with Crippen LogP contribution in [-0.4, -0.2) is 26.2 Å². The molecule has 0 aliphatic rings. The summed E-state index contributed by atoms with van der Waals surface area (Å²) in [5.41, 5.74) is 0.525. The summed E-state index contributed by atoms with van der Waals surface area (Å²) in [7, 11) is -3.75. The first-order valence-corrected chi connectivity index (χ1v) is 6.24. The predicted molar refractivity (Wildman–Crippen MR) is 58.0 cm³/mol. The first-order valence-electron chi connectivity index (χ1n) is 4.76. The van der Waals surface area contributed by atoms with Gasteiger partial charge in [0, 0.05) is 6.54 Å². The van der Waals surface area contributed by atoms with Gasteiger partial charge in [0.25, 0.3) is 0 Å². The Morgan fingerprint density at radius 2 is 2.06 bits per heavy atom. The fourth-order valence-corrected chi connectivity index (χ4v) is 2.41. The molecule has 0 heterocycles. The Balaban J connectivity index is 2.98. The summed E-state index contributed by atoms with van der Waals surface area (Å²) in [6.07, 6.45) is -0.788. The molecule has 0 fully saturated rings. The van der Waals surface area contributed by atoms with Crippen LogP contribution in [0.5, 0.6) is 0 Å². The third-order valence-corrected chi connectivity index (χ3v) is 3.30. The maximum Gasteiger partial charge on any atom is 0.240 e. The normalized spacial score (nSPS) is 13.8. The lowest BCUT2D eigenvalue weighted by Gasteiger charge is -2.09. The van der Waals surface area contributed by atoms with Gasteiger partial charge in [0.15, 0.2) is 0 Å². The van der Waals surface area contributed by atoms with E-state index >= 15 is 0 Å². The van der Waals surface area contributed by atoms with Crippen molar-refractivity contribution in [3.8, 4) is 0 Å². The van der Waals surface area contributed by atoms with Gasteiger partial charge in [0.05, 0.1) is 11.0 Å². The largest absolute Gasteiger partial charge is 0.392 e. The smallest absolute Gasteiger partial charge is 0.240 e. The third-order valence-electron chi connectivity index (χ3n) is 1.89. The summed E-state index contributed by atoms with van der Waals surface area (Å²) in [5, 5.41) is 8.97. The van der Waals surface area contributed by atoms with Crippen molar-refractivity contribution in [2.45, 2.75) is 24.8 Å². The highest BCUT2D eigenvalue weighted by Crippen LogP contribution is 2.13. The molecule has 0 aliphatic heterocycles. The zero-order chi connectivity index (χ0) is 12.3. The highest BCUT2D eigenvalue weighted by molar-refractivity contribution is 7.89. The molecule has 1 unspecified atom stereocenters. The number of nitrogens with one attached hydrogen (secondary N) is 1. The molecule has 4 nitrogen and oxygen atoms in total. The summed E-state index contributed by atoms with van der Waals surface area (Å²) >= 11 is 0. The Labute approximate surface area is 94.2 Å². The zero-order valence-electron chi connectivity index (χ0n) is 9.07. The Morgan fingerprint density at radius 3 is 2.56 bits per heavy atom. The van der Waals surface area contributed by atoms with E-state index in [-0.39, 0.29) is 11.4 Å². The summed E-state index contributed by atoms with van der Waals surface area (Å²) in [6.45, 7) is 2.97. The second-order valence-corrected chi connectivity index (χ2v) is 5.43. The van der Waals surface area contributed by atoms with Crippen LogP contribution in [0.2, 0.25) is 0 Å². The fourth-order valence-electron chi connectivity index (χ4n) is 1.17. The number of aryl methyl sites for hydroxylation is 1. The molecule has 16 heavy (non-hydrogen) atoms. The Kier molecular flexibility index (Phi) is 4.01. The second kappa shape index (κ2) is 4.90. The molecule has 90 valence electrons. The molecular weight excluding hydrogens is 233 g/mol. The molecule has 0 spiro atoms. The SMILES string of the molecule is Cc1cc(F)cc(S(=O)(=O)NCC(C)O)c1. The van der Waals surface area contributed by atoms with Crippen molar-refractivity contribution in [1.29, 1.82) is 0 Å². The highest BCUT2D eigenvalue weighted by atomic mass is 32.2. The van der Waals surface area contributed by atoms with E-state index in [1.807, 2.05) is 0 Å². The van der Waals surface area contributed by atoms with Gasteiger partial charge >= 0.3 is 0 Å². The Bertz CT molecular complexity index is 451. The van der Waals surface area contributed by atoms with Crippen molar-refractivity contribution < 1.29 is 17.9 Å². The van der Waals surface area contributed by atoms with Crippen LogP contribution in [0.15, 0.2) is 23.1 Å². The molecule has 0 saturated heterocycles. The molecule has 2 N–H and O–H groups in total. The quantitative estimate of drug-likeness (QED) is 0.826. The van der Waals surface area contributed by atoms with Crippen LogP contribution >= 0.6 is 0 Å².